The second-order valence-corrected chi connectivity index (χ2v) is 27.2. The minimum atomic E-state index is -2.33. The molecule has 43 atom stereocenters. The van der Waals surface area contributed by atoms with Crippen molar-refractivity contribution in [2.24, 2.45) is 23.7 Å². The number of hydrogen-bond acceptors (Lipinski definition) is 41. The summed E-state index contributed by atoms with van der Waals surface area (Å²) < 4.78 is 102. The zero-order chi connectivity index (χ0) is 74.5. The highest BCUT2D eigenvalue weighted by atomic mass is 16.8. The van der Waals surface area contributed by atoms with Crippen molar-refractivity contribution in [1.82, 2.24) is 0 Å². The first kappa shape index (κ1) is 85.0. The van der Waals surface area contributed by atoms with Crippen LogP contribution < -0.4 is 0 Å². The molecule has 0 aromatic heterocycles. The molecule has 0 saturated carbocycles. The normalized spacial score (nSPS) is 49.7. The van der Waals surface area contributed by atoms with Crippen molar-refractivity contribution in [3.8, 4) is 0 Å². The third-order valence-electron chi connectivity index (χ3n) is 20.0. The van der Waals surface area contributed by atoms with E-state index >= 15 is 0 Å². The van der Waals surface area contributed by atoms with Gasteiger partial charge in [0.2, 0.25) is 0 Å². The minimum absolute atomic E-state index is 0.515. The Labute approximate surface area is 578 Å². The van der Waals surface area contributed by atoms with Crippen LogP contribution in [0.5, 0.6) is 0 Å². The lowest BCUT2D eigenvalue weighted by atomic mass is 9.89. The number of aliphatic hydroxyl groups excluding tert-OH is 24. The van der Waals surface area contributed by atoms with E-state index in [0.29, 0.717) is 0 Å². The molecule has 41 heteroatoms. The van der Waals surface area contributed by atoms with Crippen LogP contribution in [0.4, 0.5) is 0 Å². The van der Waals surface area contributed by atoms with Crippen molar-refractivity contribution in [2.45, 2.75) is 287 Å². The van der Waals surface area contributed by atoms with Crippen LogP contribution in [0.1, 0.15) is 41.5 Å². The predicted octanol–water partition coefficient (Wildman–Crippen LogP) is -13.8. The molecule has 8 heterocycles. The maximum Gasteiger partial charge on any atom is 0.187 e. The first-order valence-electron chi connectivity index (χ1n) is 33.7. The fraction of sp³-hybridized carbons (Fsp3) is 1.00. The molecule has 24 N–H and O–H groups in total. The van der Waals surface area contributed by atoms with E-state index in [1.54, 1.807) is 27.7 Å². The molecule has 0 radical (unpaired) electrons. The Balaban J connectivity index is 1.08. The van der Waals surface area contributed by atoms with Gasteiger partial charge >= 0.3 is 0 Å². The predicted molar refractivity (Wildman–Crippen MR) is 320 cm³/mol. The van der Waals surface area contributed by atoms with E-state index in [9.17, 15) is 123 Å². The molecule has 17 unspecified atom stereocenters. The fourth-order valence-corrected chi connectivity index (χ4v) is 13.3. The monoisotopic (exact) mass is 1480 g/mol. The van der Waals surface area contributed by atoms with Crippen LogP contribution in [0.15, 0.2) is 0 Å². The van der Waals surface area contributed by atoms with Crippen LogP contribution in [0.25, 0.3) is 0 Å². The molecular weight excluding hydrogens is 1380 g/mol. The molecular formula is C60H106O41. The lowest BCUT2D eigenvalue weighted by Gasteiger charge is -2.50. The number of hydrogen-bond donors (Lipinski definition) is 24. The van der Waals surface area contributed by atoms with Crippen LogP contribution in [-0.2, 0) is 80.5 Å². The van der Waals surface area contributed by atoms with Crippen LogP contribution in [0, 0.1) is 23.7 Å². The zero-order valence-corrected chi connectivity index (χ0v) is 56.1. The van der Waals surface area contributed by atoms with Gasteiger partial charge in [-0.1, -0.05) is 34.6 Å². The first-order valence-corrected chi connectivity index (χ1v) is 33.7. The van der Waals surface area contributed by atoms with Gasteiger partial charge in [-0.3, -0.25) is 0 Å². The second-order valence-electron chi connectivity index (χ2n) is 27.2. The second kappa shape index (κ2) is 37.7. The molecule has 0 bridgehead atoms. The summed E-state index contributed by atoms with van der Waals surface area (Å²) in [5.74, 6) is -3.72. The Hall–Kier alpha value is -1.64. The summed E-state index contributed by atoms with van der Waals surface area (Å²) in [6.45, 7) is -0.0106. The summed E-state index contributed by atoms with van der Waals surface area (Å²) >= 11 is 0. The van der Waals surface area contributed by atoms with Crippen molar-refractivity contribution >= 4 is 0 Å². The number of aliphatic hydroxyl groups is 24. The highest BCUT2D eigenvalue weighted by Gasteiger charge is 2.59. The Bertz CT molecular complexity index is 2410. The summed E-state index contributed by atoms with van der Waals surface area (Å²) in [5.41, 5.74) is 0. The largest absolute Gasteiger partial charge is 0.394 e. The summed E-state index contributed by atoms with van der Waals surface area (Å²) in [5, 5.41) is 262. The van der Waals surface area contributed by atoms with Gasteiger partial charge in [0, 0.05) is 23.7 Å². The molecule has 0 aromatic rings. The quantitative estimate of drug-likeness (QED) is 0.0297. The summed E-state index contributed by atoms with van der Waals surface area (Å²) in [4.78, 5) is 0. The van der Waals surface area contributed by atoms with Gasteiger partial charge in [-0.15, -0.1) is 0 Å². The van der Waals surface area contributed by atoms with Gasteiger partial charge in [0.05, 0.1) is 90.5 Å². The van der Waals surface area contributed by atoms with Crippen molar-refractivity contribution < 1.29 is 203 Å². The topological polar surface area (TPSA) is 642 Å². The third-order valence-corrected chi connectivity index (χ3v) is 20.0. The number of ether oxygens (including phenoxy) is 17. The Kier molecular flexibility index (Phi) is 31.7. The Morgan fingerprint density at radius 1 is 0.277 bits per heavy atom. The zero-order valence-electron chi connectivity index (χ0n) is 56.1. The van der Waals surface area contributed by atoms with Gasteiger partial charge in [0.1, 0.15) is 171 Å². The summed E-state index contributed by atoms with van der Waals surface area (Å²) in [7, 11) is 0. The molecule has 0 spiro atoms. The summed E-state index contributed by atoms with van der Waals surface area (Å²) in [6.07, 6.45) is -71.0. The molecule has 0 amide bonds. The molecule has 8 fully saturated rings. The highest BCUT2D eigenvalue weighted by Crippen LogP contribution is 2.40. The molecule has 41 nitrogen and oxygen atoms in total. The Morgan fingerprint density at radius 2 is 0.634 bits per heavy atom. The van der Waals surface area contributed by atoms with E-state index < -0.39 is 335 Å². The third kappa shape index (κ3) is 18.6. The fourth-order valence-electron chi connectivity index (χ4n) is 13.3. The van der Waals surface area contributed by atoms with Gasteiger partial charge in [0.25, 0.3) is 0 Å². The Morgan fingerprint density at radius 3 is 1.06 bits per heavy atom. The lowest BCUT2D eigenvalue weighted by molar-refractivity contribution is -0.398. The maximum absolute atomic E-state index is 12.4. The van der Waals surface area contributed by atoms with Crippen molar-refractivity contribution in [3.05, 3.63) is 0 Å². The lowest BCUT2D eigenvalue weighted by Crippen LogP contribution is -2.67. The van der Waals surface area contributed by atoms with Crippen LogP contribution in [-0.4, -0.2) is 434 Å². The van der Waals surface area contributed by atoms with Gasteiger partial charge < -0.3 is 203 Å². The van der Waals surface area contributed by atoms with E-state index in [4.69, 9.17) is 80.5 Å². The molecule has 8 rings (SSSR count). The molecule has 8 aliphatic heterocycles. The van der Waals surface area contributed by atoms with Crippen molar-refractivity contribution in [2.75, 3.05) is 66.1 Å². The average molecular weight is 1480 g/mol. The molecule has 8 saturated heterocycles. The van der Waals surface area contributed by atoms with E-state index in [1.807, 2.05) is 0 Å². The van der Waals surface area contributed by atoms with Gasteiger partial charge in [-0.25, -0.2) is 0 Å². The SMILES string of the molecule is CC(C)[C@@H](OC(CO)[C@H](CO)O[C@@H]1OC(CO[C@H]2OC(CO)[C@@H](O)C(O)[C@H]2O[C@@H]2O[C@@H](CO)[C@@H](O[C@@H]3OC(CO)[C@H](O)C(O)[C@@H]3O)C(O)C2C)[C@@H](O)C(O[C@H]2O[C@H](CO)[C@@H](O)C(O)C2O[C@@H]2OC(CO)[C@@H](O[C@@H]3OC(CO)[C@H](O)C(O)[C@@H]3O)C(O)[C@@H]2C)[C@H]1O)O[C@@H]1C(CO)O[C@@H](C)[C@@H](C)C1O. The van der Waals surface area contributed by atoms with E-state index in [1.165, 1.54) is 13.8 Å². The highest BCUT2D eigenvalue weighted by molar-refractivity contribution is 5.01. The van der Waals surface area contributed by atoms with Crippen molar-refractivity contribution in [1.29, 1.82) is 0 Å². The smallest absolute Gasteiger partial charge is 0.187 e. The van der Waals surface area contributed by atoms with Crippen molar-refractivity contribution in [3.63, 3.8) is 0 Å². The van der Waals surface area contributed by atoms with Gasteiger partial charge in [-0.05, 0) is 6.92 Å². The molecule has 592 valence electrons. The van der Waals surface area contributed by atoms with Gasteiger partial charge in [-0.2, -0.15) is 0 Å². The molecule has 101 heavy (non-hydrogen) atoms. The van der Waals surface area contributed by atoms with Gasteiger partial charge in [0.15, 0.2) is 50.3 Å². The van der Waals surface area contributed by atoms with E-state index in [-0.39, 0.29) is 0 Å². The van der Waals surface area contributed by atoms with E-state index in [2.05, 4.69) is 0 Å². The maximum atomic E-state index is 12.4. The number of rotatable bonds is 30. The van der Waals surface area contributed by atoms with E-state index in [0.717, 1.165) is 0 Å². The van der Waals surface area contributed by atoms with Crippen LogP contribution in [0.3, 0.4) is 0 Å². The minimum Gasteiger partial charge on any atom is -0.394 e. The molecule has 0 aromatic carbocycles. The van der Waals surface area contributed by atoms with Crippen LogP contribution in [0.2, 0.25) is 0 Å². The standard InChI is InChI=1S/C60H106O41/c1-17(2)53(96-47-28(13-67)86-21(6)18(3)32(47)70)87-22(7-61)23(8-62)88-58-46(84)50(99-60-52(43(81)38(76)27(12-66)92-60)101-55-20(5)34(72)49(30(15-69)94-55)98-57-45(83)41(79)36(74)25(10-64)90-57)39(77)31(95-58)16-85-59-51(42(80)37(75)26(11-65)91-59)100-54-19(4)33(71)48(29(14-68)93-54)97-56-44(82)40(78)35(73)24(9-63)89-56/h17-84H,7-16H2,1-6H3/t18-,19?,20+,21+,22?,23+,24?,25?,26?,27-,28?,29+,30?,31?,32?,33?,34?,35+,36+,37-,38-,39-,40?,41?,42?,43?,44+,45+,46-,47-,48-,49-,50?,51-,52?,53+,54+,55+,56+,57+,58-,59+,60-/m1/s1. The molecule has 0 aliphatic carbocycles. The molecule has 8 aliphatic rings. The average Bonchev–Trinajstić information content (AvgIpc) is 0.690. The first-order chi connectivity index (χ1) is 47.9. The summed E-state index contributed by atoms with van der Waals surface area (Å²) in [6, 6.07) is 0. The van der Waals surface area contributed by atoms with Crippen LogP contribution >= 0.6 is 0 Å².